The van der Waals surface area contributed by atoms with Crippen molar-refractivity contribution in [3.8, 4) is 0 Å². The Kier molecular flexibility index (Phi) is 4.70. The minimum atomic E-state index is 0.0369. The van der Waals surface area contributed by atoms with Crippen molar-refractivity contribution in [3.63, 3.8) is 0 Å². The van der Waals surface area contributed by atoms with E-state index in [1.165, 1.54) is 0 Å². The zero-order valence-corrected chi connectivity index (χ0v) is 7.63. The van der Waals surface area contributed by atoms with Gasteiger partial charge in [-0.25, -0.2) is 0 Å². The molecule has 12 heavy (non-hydrogen) atoms. The lowest BCUT2D eigenvalue weighted by Gasteiger charge is -1.97. The fraction of sp³-hybridized carbons (Fsp3) is 0.182. The molecule has 0 amide bonds. The van der Waals surface area contributed by atoms with Crippen LogP contribution in [0, 0.1) is 0 Å². The van der Waals surface area contributed by atoms with Gasteiger partial charge in [0.05, 0.1) is 0 Å². The average Bonchev–Trinajstić information content (AvgIpc) is 2.04. The summed E-state index contributed by atoms with van der Waals surface area (Å²) in [5.41, 5.74) is 1.39. The zero-order chi connectivity index (χ0) is 9.56. The maximum Gasteiger partial charge on any atom is 0.184 e. The summed E-state index contributed by atoms with van der Waals surface area (Å²) in [7, 11) is 0. The van der Waals surface area contributed by atoms with Crippen LogP contribution in [0.4, 0.5) is 0 Å². The topological polar surface area (TPSA) is 17.1 Å². The monoisotopic (exact) mass is 162 g/mol. The maximum absolute atomic E-state index is 11.4. The molecule has 0 unspecified atom stereocenters. The molecule has 0 spiro atoms. The van der Waals surface area contributed by atoms with Crippen LogP contribution in [-0.2, 0) is 4.79 Å². The fourth-order valence-corrected chi connectivity index (χ4v) is 0.816. The smallest absolute Gasteiger partial charge is 0.184 e. The van der Waals surface area contributed by atoms with Crippen LogP contribution in [0.1, 0.15) is 13.8 Å². The van der Waals surface area contributed by atoms with E-state index in [9.17, 15) is 4.79 Å². The van der Waals surface area contributed by atoms with Crippen LogP contribution in [0.3, 0.4) is 0 Å². The van der Waals surface area contributed by atoms with E-state index >= 15 is 0 Å². The van der Waals surface area contributed by atoms with Crippen molar-refractivity contribution in [1.29, 1.82) is 0 Å². The van der Waals surface area contributed by atoms with Crippen molar-refractivity contribution < 1.29 is 4.79 Å². The van der Waals surface area contributed by atoms with E-state index in [1.807, 2.05) is 0 Å². The van der Waals surface area contributed by atoms with E-state index < -0.39 is 0 Å². The number of Topliss-reactive ketones (excluding diaryl/α,β-unsaturated/α-hetero) is 1. The van der Waals surface area contributed by atoms with Crippen LogP contribution in [0.5, 0.6) is 0 Å². The number of carbonyl (C=O) groups is 1. The summed E-state index contributed by atoms with van der Waals surface area (Å²) in [6, 6.07) is 0. The van der Waals surface area contributed by atoms with Gasteiger partial charge < -0.3 is 0 Å². The Labute approximate surface area is 73.8 Å². The largest absolute Gasteiger partial charge is 0.289 e. The summed E-state index contributed by atoms with van der Waals surface area (Å²) < 4.78 is 0. The molecule has 0 heterocycles. The molecule has 0 aromatic rings. The average molecular weight is 162 g/mol. The SMILES string of the molecule is C=C/C=C(/C)C(=O)/C(C)=C\C=C. The Hall–Kier alpha value is -1.37. The molecule has 1 nitrogen and oxygen atoms in total. The second-order valence-electron chi connectivity index (χ2n) is 2.50. The third kappa shape index (κ3) is 3.15. The Morgan fingerprint density at radius 3 is 1.58 bits per heavy atom. The first-order valence-electron chi connectivity index (χ1n) is 3.76. The van der Waals surface area contributed by atoms with E-state index in [0.717, 1.165) is 0 Å². The minimum absolute atomic E-state index is 0.0369. The molecule has 0 aliphatic rings. The summed E-state index contributed by atoms with van der Waals surface area (Å²) in [6.45, 7) is 10.6. The number of rotatable bonds is 4. The second kappa shape index (κ2) is 5.30. The van der Waals surface area contributed by atoms with E-state index in [-0.39, 0.29) is 5.78 Å². The molecule has 0 bridgehead atoms. The number of hydrogen-bond acceptors (Lipinski definition) is 1. The van der Waals surface area contributed by atoms with Gasteiger partial charge in [-0.15, -0.1) is 0 Å². The molecule has 0 atom stereocenters. The second-order valence-corrected chi connectivity index (χ2v) is 2.50. The Balaban J connectivity index is 4.60. The number of carbonyl (C=O) groups excluding carboxylic acids is 1. The fourth-order valence-electron chi connectivity index (χ4n) is 0.816. The summed E-state index contributed by atoms with van der Waals surface area (Å²) in [5, 5.41) is 0. The van der Waals surface area contributed by atoms with Crippen molar-refractivity contribution in [2.75, 3.05) is 0 Å². The lowest BCUT2D eigenvalue weighted by molar-refractivity contribution is -0.112. The van der Waals surface area contributed by atoms with Gasteiger partial charge in [0.2, 0.25) is 0 Å². The molecule has 64 valence electrons. The Bertz CT molecular complexity index is 228. The number of allylic oxidation sites excluding steroid dienone is 6. The van der Waals surface area contributed by atoms with Crippen molar-refractivity contribution in [2.45, 2.75) is 13.8 Å². The van der Waals surface area contributed by atoms with Gasteiger partial charge in [-0.3, -0.25) is 4.79 Å². The predicted octanol–water partition coefficient (Wildman–Crippen LogP) is 2.82. The van der Waals surface area contributed by atoms with E-state index in [2.05, 4.69) is 13.2 Å². The molecule has 1 heteroatoms. The zero-order valence-electron chi connectivity index (χ0n) is 7.63. The van der Waals surface area contributed by atoms with E-state index in [4.69, 9.17) is 0 Å². The van der Waals surface area contributed by atoms with Gasteiger partial charge in [-0.1, -0.05) is 37.5 Å². The lowest BCUT2D eigenvalue weighted by Crippen LogP contribution is -2.00. The normalized spacial score (nSPS) is 12.5. The van der Waals surface area contributed by atoms with Gasteiger partial charge >= 0.3 is 0 Å². The highest BCUT2D eigenvalue weighted by atomic mass is 16.1. The van der Waals surface area contributed by atoms with Crippen LogP contribution in [-0.4, -0.2) is 5.78 Å². The highest BCUT2D eigenvalue weighted by Crippen LogP contribution is 2.04. The third-order valence-electron chi connectivity index (χ3n) is 1.45. The Morgan fingerprint density at radius 2 is 1.33 bits per heavy atom. The molecular formula is C11H14O. The molecule has 0 aliphatic heterocycles. The summed E-state index contributed by atoms with van der Waals surface area (Å²) in [6.07, 6.45) is 6.61. The summed E-state index contributed by atoms with van der Waals surface area (Å²) in [4.78, 5) is 11.4. The predicted molar refractivity (Wildman–Crippen MR) is 52.9 cm³/mol. The molecule has 0 N–H and O–H groups in total. The van der Waals surface area contributed by atoms with E-state index in [0.29, 0.717) is 11.1 Å². The Morgan fingerprint density at radius 1 is 1.00 bits per heavy atom. The van der Waals surface area contributed by atoms with Crippen molar-refractivity contribution in [1.82, 2.24) is 0 Å². The van der Waals surface area contributed by atoms with Crippen molar-refractivity contribution >= 4 is 5.78 Å². The lowest BCUT2D eigenvalue weighted by atomic mass is 10.1. The van der Waals surface area contributed by atoms with Gasteiger partial charge in [-0.2, -0.15) is 0 Å². The number of ketones is 1. The standard InChI is InChI=1S/C11H14O/c1-5-7-9(3)11(12)10(4)8-6-2/h5-8H,1-2H2,3-4H3/b9-7-,10-8-. The summed E-state index contributed by atoms with van der Waals surface area (Å²) >= 11 is 0. The van der Waals surface area contributed by atoms with Crippen molar-refractivity contribution in [2.24, 2.45) is 0 Å². The summed E-state index contributed by atoms with van der Waals surface area (Å²) in [5.74, 6) is 0.0369. The van der Waals surface area contributed by atoms with Crippen molar-refractivity contribution in [3.05, 3.63) is 48.6 Å². The molecule has 0 fully saturated rings. The first kappa shape index (κ1) is 10.6. The van der Waals surface area contributed by atoms with Gasteiger partial charge in [0, 0.05) is 0 Å². The molecule has 0 saturated carbocycles. The van der Waals surface area contributed by atoms with Crippen LogP contribution in [0.25, 0.3) is 0 Å². The molecule has 0 aromatic carbocycles. The molecule has 0 saturated heterocycles. The molecule has 0 aliphatic carbocycles. The number of hydrogen-bond donors (Lipinski definition) is 0. The highest BCUT2D eigenvalue weighted by Gasteiger charge is 2.03. The molecular weight excluding hydrogens is 148 g/mol. The molecule has 0 rings (SSSR count). The van der Waals surface area contributed by atoms with Gasteiger partial charge in [0.25, 0.3) is 0 Å². The third-order valence-corrected chi connectivity index (χ3v) is 1.45. The molecule has 0 radical (unpaired) electrons. The van der Waals surface area contributed by atoms with Gasteiger partial charge in [-0.05, 0) is 25.0 Å². The van der Waals surface area contributed by atoms with Gasteiger partial charge in [0.15, 0.2) is 5.78 Å². The molecule has 0 aromatic heterocycles. The van der Waals surface area contributed by atoms with Crippen LogP contribution < -0.4 is 0 Å². The first-order valence-corrected chi connectivity index (χ1v) is 3.76. The quantitative estimate of drug-likeness (QED) is 0.459. The first-order chi connectivity index (χ1) is 5.63. The van der Waals surface area contributed by atoms with Gasteiger partial charge in [0.1, 0.15) is 0 Å². The minimum Gasteiger partial charge on any atom is -0.289 e. The highest BCUT2D eigenvalue weighted by molar-refractivity contribution is 6.07. The van der Waals surface area contributed by atoms with E-state index in [1.54, 1.807) is 38.2 Å². The maximum atomic E-state index is 11.4. The van der Waals surface area contributed by atoms with Crippen LogP contribution >= 0.6 is 0 Å². The van der Waals surface area contributed by atoms with Crippen LogP contribution in [0.15, 0.2) is 48.6 Å². The van der Waals surface area contributed by atoms with Crippen LogP contribution in [0.2, 0.25) is 0 Å².